The number of anilines is 1. The first-order valence-electron chi connectivity index (χ1n) is 9.42. The highest BCUT2D eigenvalue weighted by Gasteiger charge is 2.28. The van der Waals surface area contributed by atoms with Crippen LogP contribution in [-0.4, -0.2) is 30.4 Å². The molecule has 1 N–H and O–H groups in total. The number of nitrogens with one attached hydrogen (secondary N) is 1. The molecular formula is C19H22N6O. The Bertz CT molecular complexity index is 981. The molecule has 0 spiro atoms. The summed E-state index contributed by atoms with van der Waals surface area (Å²) < 4.78 is 3.57. The highest BCUT2D eigenvalue weighted by Crippen LogP contribution is 2.40. The summed E-state index contributed by atoms with van der Waals surface area (Å²) in [7, 11) is 0. The summed E-state index contributed by atoms with van der Waals surface area (Å²) in [5, 5.41) is 12.5. The van der Waals surface area contributed by atoms with Crippen LogP contribution < -0.4 is 10.9 Å². The highest BCUT2D eigenvalue weighted by molar-refractivity contribution is 5.68. The van der Waals surface area contributed by atoms with Crippen LogP contribution >= 0.6 is 0 Å². The van der Waals surface area contributed by atoms with Gasteiger partial charge in [-0.25, -0.2) is 14.2 Å². The first-order chi connectivity index (χ1) is 12.8. The van der Waals surface area contributed by atoms with Gasteiger partial charge in [0.1, 0.15) is 5.52 Å². The number of fused-ring (bicyclic) bond motifs is 1. The van der Waals surface area contributed by atoms with E-state index in [2.05, 4.69) is 26.6 Å². The molecule has 2 aliphatic carbocycles. The maximum absolute atomic E-state index is 12.0. The molecule has 0 radical (unpaired) electrons. The van der Waals surface area contributed by atoms with Crippen molar-refractivity contribution in [3.8, 4) is 0 Å². The van der Waals surface area contributed by atoms with Gasteiger partial charge < -0.3 is 5.32 Å². The molecule has 2 saturated carbocycles. The minimum absolute atomic E-state index is 0.0118. The van der Waals surface area contributed by atoms with Gasteiger partial charge in [0.05, 0.1) is 11.7 Å². The molecule has 3 aromatic rings. The van der Waals surface area contributed by atoms with Crippen LogP contribution in [0.15, 0.2) is 41.6 Å². The standard InChI is InChI=1S/C19H22N6O/c26-18-2-1-9-21-25(18)15-7-5-14(6-8-15)22-19-17-12-16(13-3-4-13)23-24(17)11-10-20-19/h1-2,9-15H,3-8H2,(H,20,22). The summed E-state index contributed by atoms with van der Waals surface area (Å²) in [5.74, 6) is 1.54. The summed E-state index contributed by atoms with van der Waals surface area (Å²) in [5.41, 5.74) is 2.22. The van der Waals surface area contributed by atoms with Crippen molar-refractivity contribution in [3.63, 3.8) is 0 Å². The molecule has 0 saturated heterocycles. The van der Waals surface area contributed by atoms with Gasteiger partial charge in [-0.15, -0.1) is 0 Å². The Kier molecular flexibility index (Phi) is 3.72. The molecule has 2 aliphatic rings. The maximum atomic E-state index is 12.0. The van der Waals surface area contributed by atoms with Crippen LogP contribution in [0, 0.1) is 0 Å². The molecule has 0 aromatic carbocycles. The normalized spacial score (nSPS) is 23.2. The lowest BCUT2D eigenvalue weighted by Gasteiger charge is -2.29. The summed E-state index contributed by atoms with van der Waals surface area (Å²) >= 11 is 0. The van der Waals surface area contributed by atoms with E-state index in [-0.39, 0.29) is 11.6 Å². The van der Waals surface area contributed by atoms with Crippen LogP contribution in [0.1, 0.15) is 56.2 Å². The SMILES string of the molecule is O=c1cccnn1C1CCC(Nc2nccn3nc(C4CC4)cc23)CC1. The van der Waals surface area contributed by atoms with Crippen LogP contribution in [0.2, 0.25) is 0 Å². The van der Waals surface area contributed by atoms with Gasteiger partial charge in [-0.05, 0) is 50.7 Å². The number of hydrogen-bond acceptors (Lipinski definition) is 5. The maximum Gasteiger partial charge on any atom is 0.266 e. The fraction of sp³-hybridized carbons (Fsp3) is 0.474. The molecule has 7 nitrogen and oxygen atoms in total. The van der Waals surface area contributed by atoms with Crippen molar-refractivity contribution in [2.45, 2.75) is 56.5 Å². The molecular weight excluding hydrogens is 328 g/mol. The molecule has 0 bridgehead atoms. The first kappa shape index (κ1) is 15.5. The number of hydrogen-bond donors (Lipinski definition) is 1. The Balaban J connectivity index is 1.30. The molecule has 26 heavy (non-hydrogen) atoms. The highest BCUT2D eigenvalue weighted by atomic mass is 16.1. The second-order valence-electron chi connectivity index (χ2n) is 7.41. The Morgan fingerprint density at radius 1 is 1.08 bits per heavy atom. The van der Waals surface area contributed by atoms with Crippen molar-refractivity contribution in [2.24, 2.45) is 0 Å². The molecule has 3 aromatic heterocycles. The van der Waals surface area contributed by atoms with E-state index in [1.807, 2.05) is 10.7 Å². The Labute approximate surface area is 151 Å². The average Bonchev–Trinajstić information content (AvgIpc) is 3.42. The number of aromatic nitrogens is 5. The Morgan fingerprint density at radius 3 is 2.69 bits per heavy atom. The predicted octanol–water partition coefficient (Wildman–Crippen LogP) is 2.76. The van der Waals surface area contributed by atoms with Gasteiger partial charge in [0.15, 0.2) is 5.82 Å². The molecule has 0 amide bonds. The third-order valence-electron chi connectivity index (χ3n) is 5.53. The third-order valence-corrected chi connectivity index (χ3v) is 5.53. The minimum Gasteiger partial charge on any atom is -0.366 e. The fourth-order valence-corrected chi connectivity index (χ4v) is 3.93. The fourth-order valence-electron chi connectivity index (χ4n) is 3.93. The second-order valence-corrected chi connectivity index (χ2v) is 7.41. The van der Waals surface area contributed by atoms with E-state index >= 15 is 0 Å². The molecule has 0 unspecified atom stereocenters. The predicted molar refractivity (Wildman–Crippen MR) is 98.4 cm³/mol. The third kappa shape index (κ3) is 2.87. The Morgan fingerprint density at radius 2 is 1.92 bits per heavy atom. The van der Waals surface area contributed by atoms with Gasteiger partial charge >= 0.3 is 0 Å². The van der Waals surface area contributed by atoms with Gasteiger partial charge in [-0.2, -0.15) is 10.2 Å². The largest absolute Gasteiger partial charge is 0.366 e. The zero-order valence-electron chi connectivity index (χ0n) is 14.6. The number of rotatable bonds is 4. The topological polar surface area (TPSA) is 77.1 Å². The van der Waals surface area contributed by atoms with Gasteiger partial charge in [-0.3, -0.25) is 4.79 Å². The Hall–Kier alpha value is -2.70. The zero-order valence-corrected chi connectivity index (χ0v) is 14.6. The quantitative estimate of drug-likeness (QED) is 0.783. The first-order valence-corrected chi connectivity index (χ1v) is 9.42. The summed E-state index contributed by atoms with van der Waals surface area (Å²) in [6.07, 6.45) is 11.8. The van der Waals surface area contributed by atoms with E-state index in [4.69, 9.17) is 0 Å². The van der Waals surface area contributed by atoms with Crippen molar-refractivity contribution in [1.29, 1.82) is 0 Å². The molecule has 0 atom stereocenters. The van der Waals surface area contributed by atoms with Crippen LogP contribution in [0.25, 0.3) is 5.52 Å². The summed E-state index contributed by atoms with van der Waals surface area (Å²) in [6.45, 7) is 0. The van der Waals surface area contributed by atoms with Crippen LogP contribution in [0.3, 0.4) is 0 Å². The second kappa shape index (κ2) is 6.23. The summed E-state index contributed by atoms with van der Waals surface area (Å²) in [6, 6.07) is 6.01. The monoisotopic (exact) mass is 350 g/mol. The molecule has 2 fully saturated rings. The van der Waals surface area contributed by atoms with Crippen molar-refractivity contribution in [3.05, 3.63) is 52.8 Å². The van der Waals surface area contributed by atoms with E-state index < -0.39 is 0 Å². The van der Waals surface area contributed by atoms with E-state index in [1.165, 1.54) is 18.5 Å². The minimum atomic E-state index is -0.0118. The lowest BCUT2D eigenvalue weighted by molar-refractivity contribution is 0.303. The van der Waals surface area contributed by atoms with Crippen molar-refractivity contribution in [1.82, 2.24) is 24.4 Å². The molecule has 134 valence electrons. The van der Waals surface area contributed by atoms with Gasteiger partial charge in [0, 0.05) is 36.6 Å². The lowest BCUT2D eigenvalue weighted by atomic mass is 9.91. The molecule has 7 heteroatoms. The van der Waals surface area contributed by atoms with Gasteiger partial charge in [0.25, 0.3) is 5.56 Å². The molecule has 3 heterocycles. The van der Waals surface area contributed by atoms with E-state index in [9.17, 15) is 4.79 Å². The summed E-state index contributed by atoms with van der Waals surface area (Å²) in [4.78, 5) is 16.5. The van der Waals surface area contributed by atoms with Gasteiger partial charge in [-0.1, -0.05) is 0 Å². The van der Waals surface area contributed by atoms with Crippen molar-refractivity contribution >= 4 is 11.3 Å². The zero-order chi connectivity index (χ0) is 17.5. The van der Waals surface area contributed by atoms with Crippen LogP contribution in [0.4, 0.5) is 5.82 Å². The van der Waals surface area contributed by atoms with E-state index in [1.54, 1.807) is 29.2 Å². The smallest absolute Gasteiger partial charge is 0.266 e. The van der Waals surface area contributed by atoms with Crippen molar-refractivity contribution < 1.29 is 0 Å². The average molecular weight is 350 g/mol. The number of nitrogens with zero attached hydrogens (tertiary/aromatic N) is 5. The molecule has 0 aliphatic heterocycles. The van der Waals surface area contributed by atoms with E-state index in [0.717, 1.165) is 37.0 Å². The van der Waals surface area contributed by atoms with Crippen LogP contribution in [0.5, 0.6) is 0 Å². The lowest BCUT2D eigenvalue weighted by Crippen LogP contribution is -2.33. The van der Waals surface area contributed by atoms with Gasteiger partial charge in [0.2, 0.25) is 0 Å². The molecule has 5 rings (SSSR count). The van der Waals surface area contributed by atoms with Crippen molar-refractivity contribution in [2.75, 3.05) is 5.32 Å². The van der Waals surface area contributed by atoms with Crippen LogP contribution in [-0.2, 0) is 0 Å². The van der Waals surface area contributed by atoms with E-state index in [0.29, 0.717) is 12.0 Å².